The summed E-state index contributed by atoms with van der Waals surface area (Å²) >= 11 is 0. The molecule has 0 fully saturated rings. The summed E-state index contributed by atoms with van der Waals surface area (Å²) in [4.78, 5) is 8.59. The van der Waals surface area contributed by atoms with Crippen molar-refractivity contribution in [3.05, 3.63) is 41.9 Å². The maximum absolute atomic E-state index is 5.79. The molecule has 0 aliphatic carbocycles. The van der Waals surface area contributed by atoms with Gasteiger partial charge in [-0.25, -0.2) is 9.97 Å². The lowest BCUT2D eigenvalue weighted by Gasteiger charge is -2.20. The van der Waals surface area contributed by atoms with E-state index in [4.69, 9.17) is 4.74 Å². The van der Waals surface area contributed by atoms with E-state index in [9.17, 15) is 0 Å². The Morgan fingerprint density at radius 2 is 2.18 bits per heavy atom. The summed E-state index contributed by atoms with van der Waals surface area (Å²) < 4.78 is 5.79. The molecule has 0 saturated heterocycles. The van der Waals surface area contributed by atoms with Crippen molar-refractivity contribution in [3.8, 4) is 17.0 Å². The monoisotopic (exact) mass is 226 g/mol. The van der Waals surface area contributed by atoms with E-state index in [0.717, 1.165) is 42.3 Å². The Hall–Kier alpha value is -1.90. The standard InChI is InChI=1S/C14H14N2O/c1-10-15-8-7-13(16-10)12-6-2-4-11-5-3-9-17-14(11)12/h2,4,6-8H,3,5,9H2,1H3. The van der Waals surface area contributed by atoms with Gasteiger partial charge in [0.25, 0.3) is 0 Å². The molecule has 0 bridgehead atoms. The Morgan fingerprint density at radius 3 is 3.06 bits per heavy atom. The van der Waals surface area contributed by atoms with E-state index in [1.54, 1.807) is 6.20 Å². The molecule has 1 aromatic carbocycles. The van der Waals surface area contributed by atoms with Gasteiger partial charge in [0.2, 0.25) is 0 Å². The van der Waals surface area contributed by atoms with Crippen molar-refractivity contribution in [2.75, 3.05) is 6.61 Å². The number of aryl methyl sites for hydroxylation is 2. The van der Waals surface area contributed by atoms with Crippen LogP contribution in [0, 0.1) is 6.92 Å². The van der Waals surface area contributed by atoms with Crippen LogP contribution in [-0.4, -0.2) is 16.6 Å². The molecular weight excluding hydrogens is 212 g/mol. The summed E-state index contributed by atoms with van der Waals surface area (Å²) in [6, 6.07) is 8.19. The molecule has 3 heteroatoms. The molecule has 0 amide bonds. The predicted octanol–water partition coefficient (Wildman–Crippen LogP) is 2.78. The average Bonchev–Trinajstić information content (AvgIpc) is 2.38. The average molecular weight is 226 g/mol. The maximum Gasteiger partial charge on any atom is 0.131 e. The molecule has 17 heavy (non-hydrogen) atoms. The Morgan fingerprint density at radius 1 is 1.24 bits per heavy atom. The summed E-state index contributed by atoms with van der Waals surface area (Å²) in [5.41, 5.74) is 3.30. The van der Waals surface area contributed by atoms with Crippen LogP contribution in [0.3, 0.4) is 0 Å². The number of nitrogens with zero attached hydrogens (tertiary/aromatic N) is 2. The molecule has 0 radical (unpaired) electrons. The van der Waals surface area contributed by atoms with Crippen LogP contribution >= 0.6 is 0 Å². The number of rotatable bonds is 1. The Labute approximate surface area is 100 Å². The van der Waals surface area contributed by atoms with Gasteiger partial charge in [-0.1, -0.05) is 12.1 Å². The maximum atomic E-state index is 5.79. The van der Waals surface area contributed by atoms with Crippen molar-refractivity contribution in [3.63, 3.8) is 0 Å². The lowest BCUT2D eigenvalue weighted by molar-refractivity contribution is 0.289. The number of hydrogen-bond acceptors (Lipinski definition) is 3. The van der Waals surface area contributed by atoms with Crippen molar-refractivity contribution in [2.45, 2.75) is 19.8 Å². The third kappa shape index (κ3) is 1.88. The number of benzene rings is 1. The third-order valence-corrected chi connectivity index (χ3v) is 2.99. The van der Waals surface area contributed by atoms with Crippen LogP contribution < -0.4 is 4.74 Å². The highest BCUT2D eigenvalue weighted by Gasteiger charge is 2.15. The molecule has 1 aliphatic rings. The SMILES string of the molecule is Cc1nccc(-c2cccc3c2OCCC3)n1. The highest BCUT2D eigenvalue weighted by molar-refractivity contribution is 5.69. The summed E-state index contributed by atoms with van der Waals surface area (Å²) in [6.45, 7) is 2.70. The van der Waals surface area contributed by atoms with Crippen molar-refractivity contribution in [1.82, 2.24) is 9.97 Å². The van der Waals surface area contributed by atoms with Crippen LogP contribution in [0.15, 0.2) is 30.5 Å². The largest absolute Gasteiger partial charge is 0.493 e. The molecule has 3 nitrogen and oxygen atoms in total. The highest BCUT2D eigenvalue weighted by atomic mass is 16.5. The highest BCUT2D eigenvalue weighted by Crippen LogP contribution is 2.34. The first-order chi connectivity index (χ1) is 8.34. The fourth-order valence-corrected chi connectivity index (χ4v) is 2.20. The first kappa shape index (κ1) is 10.3. The second-order valence-electron chi connectivity index (χ2n) is 4.23. The van der Waals surface area contributed by atoms with Gasteiger partial charge in [0.05, 0.1) is 12.3 Å². The first-order valence-corrected chi connectivity index (χ1v) is 5.89. The molecule has 1 aromatic heterocycles. The number of aromatic nitrogens is 2. The molecule has 0 N–H and O–H groups in total. The second-order valence-corrected chi connectivity index (χ2v) is 4.23. The fraction of sp³-hybridized carbons (Fsp3) is 0.286. The van der Waals surface area contributed by atoms with Gasteiger partial charge >= 0.3 is 0 Å². The molecular formula is C14H14N2O. The number of hydrogen-bond donors (Lipinski definition) is 0. The number of fused-ring (bicyclic) bond motifs is 1. The summed E-state index contributed by atoms with van der Waals surface area (Å²) in [5.74, 6) is 1.78. The van der Waals surface area contributed by atoms with E-state index in [2.05, 4.69) is 28.2 Å². The van der Waals surface area contributed by atoms with Crippen LogP contribution in [0.1, 0.15) is 17.8 Å². The lowest BCUT2D eigenvalue weighted by atomic mass is 10.0. The summed E-state index contributed by atoms with van der Waals surface area (Å²) in [5, 5.41) is 0. The van der Waals surface area contributed by atoms with E-state index >= 15 is 0 Å². The van der Waals surface area contributed by atoms with Crippen molar-refractivity contribution >= 4 is 0 Å². The molecule has 0 saturated carbocycles. The molecule has 86 valence electrons. The minimum absolute atomic E-state index is 0.788. The smallest absolute Gasteiger partial charge is 0.131 e. The molecule has 2 heterocycles. The zero-order valence-electron chi connectivity index (χ0n) is 9.81. The summed E-state index contributed by atoms with van der Waals surface area (Å²) in [7, 11) is 0. The van der Waals surface area contributed by atoms with Gasteiger partial charge in [-0.05, 0) is 37.5 Å². The van der Waals surface area contributed by atoms with Gasteiger partial charge in [-0.3, -0.25) is 0 Å². The zero-order chi connectivity index (χ0) is 11.7. The zero-order valence-corrected chi connectivity index (χ0v) is 9.81. The molecule has 3 rings (SSSR count). The second kappa shape index (κ2) is 4.17. The van der Waals surface area contributed by atoms with Gasteiger partial charge in [0, 0.05) is 11.8 Å². The molecule has 0 spiro atoms. The van der Waals surface area contributed by atoms with Crippen LogP contribution in [0.4, 0.5) is 0 Å². The van der Waals surface area contributed by atoms with Crippen LogP contribution in [0.25, 0.3) is 11.3 Å². The molecule has 2 aromatic rings. The first-order valence-electron chi connectivity index (χ1n) is 5.89. The normalized spacial score (nSPS) is 13.9. The van der Waals surface area contributed by atoms with Gasteiger partial charge in [0.1, 0.15) is 11.6 Å². The summed E-state index contributed by atoms with van der Waals surface area (Å²) in [6.07, 6.45) is 3.98. The van der Waals surface area contributed by atoms with E-state index < -0.39 is 0 Å². The van der Waals surface area contributed by atoms with E-state index in [1.807, 2.05) is 13.0 Å². The van der Waals surface area contributed by atoms with Crippen molar-refractivity contribution < 1.29 is 4.74 Å². The van der Waals surface area contributed by atoms with Crippen LogP contribution in [-0.2, 0) is 6.42 Å². The van der Waals surface area contributed by atoms with Crippen LogP contribution in [0.5, 0.6) is 5.75 Å². The van der Waals surface area contributed by atoms with Crippen molar-refractivity contribution in [2.24, 2.45) is 0 Å². The van der Waals surface area contributed by atoms with Gasteiger partial charge < -0.3 is 4.74 Å². The minimum Gasteiger partial charge on any atom is -0.493 e. The number of para-hydroxylation sites is 1. The molecule has 0 unspecified atom stereocenters. The van der Waals surface area contributed by atoms with E-state index in [1.165, 1.54) is 5.56 Å². The lowest BCUT2D eigenvalue weighted by Crippen LogP contribution is -2.09. The Balaban J connectivity index is 2.14. The predicted molar refractivity (Wildman–Crippen MR) is 66.0 cm³/mol. The Bertz CT molecular complexity index is 552. The number of ether oxygens (including phenoxy) is 1. The van der Waals surface area contributed by atoms with Crippen molar-refractivity contribution in [1.29, 1.82) is 0 Å². The van der Waals surface area contributed by atoms with E-state index in [0.29, 0.717) is 0 Å². The van der Waals surface area contributed by atoms with Crippen LogP contribution in [0.2, 0.25) is 0 Å². The van der Waals surface area contributed by atoms with Gasteiger partial charge in [0.15, 0.2) is 0 Å². The third-order valence-electron chi connectivity index (χ3n) is 2.99. The fourth-order valence-electron chi connectivity index (χ4n) is 2.20. The quantitative estimate of drug-likeness (QED) is 0.750. The Kier molecular flexibility index (Phi) is 2.52. The van der Waals surface area contributed by atoms with Gasteiger partial charge in [-0.15, -0.1) is 0 Å². The van der Waals surface area contributed by atoms with Gasteiger partial charge in [-0.2, -0.15) is 0 Å². The molecule has 0 atom stereocenters. The van der Waals surface area contributed by atoms with E-state index in [-0.39, 0.29) is 0 Å². The topological polar surface area (TPSA) is 35.0 Å². The minimum atomic E-state index is 0.788. The molecule has 1 aliphatic heterocycles.